The van der Waals surface area contributed by atoms with Gasteiger partial charge < -0.3 is 12.7 Å². The number of hydrogen-bond donors (Lipinski definition) is 0. The van der Waals surface area contributed by atoms with Gasteiger partial charge in [-0.15, -0.1) is 0 Å². The molecule has 1 unspecified atom stereocenters. The molecular formula is C6H22O3Si4. The second-order valence-electron chi connectivity index (χ2n) is 4.17. The molecule has 1 atom stereocenters. The largest absolute Gasteiger partial charge is 0.445 e. The van der Waals surface area contributed by atoms with Crippen LogP contribution in [0.25, 0.3) is 0 Å². The Hall–Kier alpha value is 0.748. The van der Waals surface area contributed by atoms with Crippen molar-refractivity contribution in [2.75, 3.05) is 0 Å². The van der Waals surface area contributed by atoms with Crippen molar-refractivity contribution in [3.8, 4) is 0 Å². The monoisotopic (exact) mass is 254 g/mol. The second-order valence-corrected chi connectivity index (χ2v) is 12.6. The van der Waals surface area contributed by atoms with Crippen LogP contribution < -0.4 is 0 Å². The summed E-state index contributed by atoms with van der Waals surface area (Å²) in [5.74, 6) is 0. The highest BCUT2D eigenvalue weighted by Crippen LogP contribution is 2.17. The van der Waals surface area contributed by atoms with E-state index >= 15 is 0 Å². The lowest BCUT2D eigenvalue weighted by Crippen LogP contribution is -2.50. The molecule has 0 bridgehead atoms. The molecule has 0 aromatic carbocycles. The molecule has 0 aliphatic carbocycles. The molecule has 0 N–H and O–H groups in total. The van der Waals surface area contributed by atoms with E-state index in [2.05, 4.69) is 33.5 Å². The van der Waals surface area contributed by atoms with Gasteiger partial charge in [-0.2, -0.15) is 0 Å². The van der Waals surface area contributed by atoms with Crippen LogP contribution in [-0.4, -0.2) is 43.8 Å². The standard InChI is InChI=1S/C6H22O3Si4/c1-6(2,7-10)12(3)9-13(4,5)8-11/h12H,1-5,10-11H3. The molecule has 0 amide bonds. The molecule has 0 aromatic rings. The Kier molecular flexibility index (Phi) is 5.29. The Morgan fingerprint density at radius 3 is 2.00 bits per heavy atom. The number of hydrogen-bond acceptors (Lipinski definition) is 3. The van der Waals surface area contributed by atoms with E-state index in [1.807, 2.05) is 0 Å². The fraction of sp³-hybridized carbons (Fsp3) is 1.00. The summed E-state index contributed by atoms with van der Waals surface area (Å²) in [5.41, 5.74) is 0. The van der Waals surface area contributed by atoms with Gasteiger partial charge in [0.25, 0.3) is 0 Å². The van der Waals surface area contributed by atoms with E-state index < -0.39 is 17.6 Å². The van der Waals surface area contributed by atoms with Crippen LogP contribution in [0.2, 0.25) is 19.6 Å². The predicted molar refractivity (Wildman–Crippen MR) is 67.7 cm³/mol. The van der Waals surface area contributed by atoms with Gasteiger partial charge in [0.15, 0.2) is 9.04 Å². The Balaban J connectivity index is 4.22. The maximum atomic E-state index is 6.03. The molecule has 0 rings (SSSR count). The molecule has 13 heavy (non-hydrogen) atoms. The van der Waals surface area contributed by atoms with Gasteiger partial charge in [0.2, 0.25) is 0 Å². The normalized spacial score (nSPS) is 16.4. The summed E-state index contributed by atoms with van der Waals surface area (Å²) in [4.78, 5) is 0. The van der Waals surface area contributed by atoms with E-state index in [1.54, 1.807) is 0 Å². The van der Waals surface area contributed by atoms with Crippen LogP contribution in [-0.2, 0) is 12.7 Å². The van der Waals surface area contributed by atoms with Crippen molar-refractivity contribution in [2.24, 2.45) is 0 Å². The Morgan fingerprint density at radius 2 is 1.69 bits per heavy atom. The van der Waals surface area contributed by atoms with E-state index in [-0.39, 0.29) is 5.22 Å². The predicted octanol–water partition coefficient (Wildman–Crippen LogP) is -1.03. The molecule has 0 aliphatic heterocycles. The molecule has 0 saturated heterocycles. The summed E-state index contributed by atoms with van der Waals surface area (Å²) in [6.07, 6.45) is 0. The van der Waals surface area contributed by atoms with Crippen LogP contribution in [0.3, 0.4) is 0 Å². The maximum absolute atomic E-state index is 6.03. The highest BCUT2D eigenvalue weighted by molar-refractivity contribution is 6.75. The highest BCUT2D eigenvalue weighted by Gasteiger charge is 2.34. The van der Waals surface area contributed by atoms with Crippen LogP contribution in [0.15, 0.2) is 0 Å². The molecular weight excluding hydrogens is 232 g/mol. The fourth-order valence-corrected chi connectivity index (χ4v) is 7.90. The Morgan fingerprint density at radius 1 is 1.23 bits per heavy atom. The summed E-state index contributed by atoms with van der Waals surface area (Å²) in [6.45, 7) is 10.6. The van der Waals surface area contributed by atoms with Crippen molar-refractivity contribution < 1.29 is 12.7 Å². The first-order valence-corrected chi connectivity index (χ1v) is 11.2. The van der Waals surface area contributed by atoms with E-state index in [1.165, 1.54) is 0 Å². The van der Waals surface area contributed by atoms with E-state index in [4.69, 9.17) is 12.7 Å². The lowest BCUT2D eigenvalue weighted by molar-refractivity contribution is 0.189. The van der Waals surface area contributed by atoms with Gasteiger partial charge in [0.05, 0.1) is 5.22 Å². The zero-order chi connectivity index (χ0) is 10.7. The third-order valence-electron chi connectivity index (χ3n) is 2.46. The van der Waals surface area contributed by atoms with Gasteiger partial charge in [-0.05, 0) is 33.5 Å². The lowest BCUT2D eigenvalue weighted by Gasteiger charge is -2.35. The van der Waals surface area contributed by atoms with Crippen molar-refractivity contribution in [3.63, 3.8) is 0 Å². The highest BCUT2D eigenvalue weighted by atomic mass is 28.4. The third-order valence-corrected chi connectivity index (χ3v) is 13.8. The minimum atomic E-state index is -1.81. The van der Waals surface area contributed by atoms with Crippen molar-refractivity contribution in [1.82, 2.24) is 0 Å². The third kappa shape index (κ3) is 4.67. The zero-order valence-corrected chi connectivity index (χ0v) is 16.0. The summed E-state index contributed by atoms with van der Waals surface area (Å²) in [7, 11) is -1.55. The SMILES string of the molecule is C[SiH](O[Si](C)(C)O[SiH3])C(C)(C)O[SiH3]. The van der Waals surface area contributed by atoms with E-state index in [0.717, 1.165) is 21.0 Å². The first kappa shape index (κ1) is 13.7. The number of rotatable bonds is 5. The quantitative estimate of drug-likeness (QED) is 0.588. The molecule has 0 saturated carbocycles. The molecule has 0 fully saturated rings. The molecule has 0 heterocycles. The topological polar surface area (TPSA) is 27.7 Å². The smallest absolute Gasteiger partial charge is 0.310 e. The van der Waals surface area contributed by atoms with E-state index in [0.29, 0.717) is 0 Å². The second kappa shape index (κ2) is 5.01. The first-order valence-electron chi connectivity index (χ1n) is 4.53. The van der Waals surface area contributed by atoms with Crippen molar-refractivity contribution in [1.29, 1.82) is 0 Å². The fourth-order valence-electron chi connectivity index (χ4n) is 0.782. The molecule has 0 spiro atoms. The molecule has 80 valence electrons. The molecule has 3 nitrogen and oxygen atoms in total. The van der Waals surface area contributed by atoms with Gasteiger partial charge in [-0.3, -0.25) is 0 Å². The zero-order valence-electron chi connectivity index (χ0n) is 9.80. The average molecular weight is 255 g/mol. The summed E-state index contributed by atoms with van der Waals surface area (Å²) >= 11 is 0. The summed E-state index contributed by atoms with van der Waals surface area (Å²) in [6, 6.07) is 0. The van der Waals surface area contributed by atoms with Crippen molar-refractivity contribution in [2.45, 2.75) is 38.7 Å². The van der Waals surface area contributed by atoms with Crippen LogP contribution in [0.5, 0.6) is 0 Å². The van der Waals surface area contributed by atoms with Crippen LogP contribution in [0, 0.1) is 0 Å². The van der Waals surface area contributed by atoms with Gasteiger partial charge in [0, 0.05) is 0 Å². The van der Waals surface area contributed by atoms with Crippen LogP contribution in [0.4, 0.5) is 0 Å². The Labute approximate surface area is 90.2 Å². The van der Waals surface area contributed by atoms with Crippen LogP contribution >= 0.6 is 0 Å². The molecule has 7 heteroatoms. The first-order chi connectivity index (χ1) is 5.75. The van der Waals surface area contributed by atoms with Gasteiger partial charge in [-0.25, -0.2) is 0 Å². The minimum absolute atomic E-state index is 0.0451. The maximum Gasteiger partial charge on any atom is 0.310 e. The van der Waals surface area contributed by atoms with Crippen molar-refractivity contribution >= 4 is 38.6 Å². The van der Waals surface area contributed by atoms with Crippen LogP contribution in [0.1, 0.15) is 13.8 Å². The van der Waals surface area contributed by atoms with Gasteiger partial charge >= 0.3 is 8.56 Å². The summed E-state index contributed by atoms with van der Waals surface area (Å²) in [5, 5.41) is -0.0451. The summed E-state index contributed by atoms with van der Waals surface area (Å²) < 4.78 is 17.1. The van der Waals surface area contributed by atoms with Gasteiger partial charge in [0.1, 0.15) is 21.0 Å². The molecule has 0 aliphatic rings. The van der Waals surface area contributed by atoms with Crippen molar-refractivity contribution in [3.05, 3.63) is 0 Å². The molecule has 0 aromatic heterocycles. The molecule has 0 radical (unpaired) electrons. The van der Waals surface area contributed by atoms with Gasteiger partial charge in [-0.1, -0.05) is 0 Å². The van der Waals surface area contributed by atoms with E-state index in [9.17, 15) is 0 Å². The average Bonchev–Trinajstić information content (AvgIpc) is 2.04. The Bertz CT molecular complexity index is 162. The minimum Gasteiger partial charge on any atom is -0.445 e. The lowest BCUT2D eigenvalue weighted by atomic mass is 10.5.